The highest BCUT2D eigenvalue weighted by Gasteiger charge is 2.31. The maximum absolute atomic E-state index is 13.5. The van der Waals surface area contributed by atoms with Crippen molar-refractivity contribution in [2.45, 2.75) is 45.2 Å². The van der Waals surface area contributed by atoms with Gasteiger partial charge in [-0.1, -0.05) is 32.9 Å². The molecule has 0 atom stereocenters. The lowest BCUT2D eigenvalue weighted by atomic mass is 9.98. The molecular formula is C26H30ClF3N2O3S. The zero-order valence-corrected chi connectivity index (χ0v) is 20.9. The summed E-state index contributed by atoms with van der Waals surface area (Å²) in [6.07, 6.45) is -3.34. The van der Waals surface area contributed by atoms with Crippen molar-refractivity contribution in [3.63, 3.8) is 0 Å². The van der Waals surface area contributed by atoms with E-state index in [2.05, 4.69) is 16.8 Å². The molecule has 36 heavy (non-hydrogen) atoms. The maximum atomic E-state index is 13.5. The summed E-state index contributed by atoms with van der Waals surface area (Å²) < 4.78 is 40.4. The Morgan fingerprint density at radius 3 is 2.50 bits per heavy atom. The van der Waals surface area contributed by atoms with Crippen LogP contribution in [0, 0.1) is 0 Å². The van der Waals surface area contributed by atoms with Crippen LogP contribution in [0.2, 0.25) is 5.02 Å². The monoisotopic (exact) mass is 542 g/mol. The fourth-order valence-electron chi connectivity index (χ4n) is 3.82. The van der Waals surface area contributed by atoms with Crippen LogP contribution in [-0.4, -0.2) is 46.2 Å². The van der Waals surface area contributed by atoms with Gasteiger partial charge in [0.05, 0.1) is 16.2 Å². The van der Waals surface area contributed by atoms with Crippen LogP contribution in [0.25, 0.3) is 22.0 Å². The van der Waals surface area contributed by atoms with Crippen molar-refractivity contribution < 1.29 is 23.1 Å². The summed E-state index contributed by atoms with van der Waals surface area (Å²) in [6, 6.07) is 7.12. The van der Waals surface area contributed by atoms with Gasteiger partial charge >= 0.3 is 6.18 Å². The third kappa shape index (κ3) is 7.05. The number of H-pyrrole nitrogens is 1. The van der Waals surface area contributed by atoms with Gasteiger partial charge in [-0.2, -0.15) is 13.2 Å². The van der Waals surface area contributed by atoms with Crippen LogP contribution < -0.4 is 5.56 Å². The Morgan fingerprint density at radius 2 is 1.86 bits per heavy atom. The summed E-state index contributed by atoms with van der Waals surface area (Å²) in [5.74, 6) is -0.370. The highest BCUT2D eigenvalue weighted by Crippen LogP contribution is 2.42. The van der Waals surface area contributed by atoms with Crippen LogP contribution in [0.15, 0.2) is 46.1 Å². The molecule has 0 fully saturated rings. The number of hydrogen-bond donors (Lipinski definition) is 2. The Hall–Kier alpha value is -2.49. The van der Waals surface area contributed by atoms with Crippen LogP contribution in [0.5, 0.6) is 5.75 Å². The average Bonchev–Trinajstić information content (AvgIpc) is 2.80. The molecule has 0 bridgehead atoms. The van der Waals surface area contributed by atoms with E-state index in [1.165, 1.54) is 24.3 Å². The fraction of sp³-hybridized carbons (Fsp3) is 0.385. The van der Waals surface area contributed by atoms with E-state index in [-0.39, 0.29) is 56.7 Å². The van der Waals surface area contributed by atoms with Gasteiger partial charge in [-0.25, -0.2) is 0 Å². The Labute approximate surface area is 217 Å². The second-order valence-corrected chi connectivity index (χ2v) is 9.51. The molecule has 0 aliphatic heterocycles. The summed E-state index contributed by atoms with van der Waals surface area (Å²) in [7, 11) is 0. The number of thioether (sulfide) groups is 1. The van der Waals surface area contributed by atoms with E-state index in [1.54, 1.807) is 0 Å². The molecule has 3 aromatic rings. The molecule has 2 aromatic carbocycles. The number of Topliss-reactive ketones (excluding diaryl/α,β-unsaturated/α-hetero) is 1. The summed E-state index contributed by atoms with van der Waals surface area (Å²) in [5.41, 5.74) is -1.07. The molecule has 0 spiro atoms. The molecule has 0 aliphatic carbocycles. The number of pyridine rings is 1. The molecule has 1 aromatic heterocycles. The van der Waals surface area contributed by atoms with Crippen LogP contribution in [0.4, 0.5) is 13.2 Å². The van der Waals surface area contributed by atoms with Gasteiger partial charge in [-0.3, -0.25) is 9.59 Å². The normalized spacial score (nSPS) is 11.6. The topological polar surface area (TPSA) is 73.4 Å². The van der Waals surface area contributed by atoms with Gasteiger partial charge in [0.2, 0.25) is 0 Å². The molecule has 5 nitrogen and oxygen atoms in total. The van der Waals surface area contributed by atoms with E-state index in [0.717, 1.165) is 43.4 Å². The Kier molecular flexibility index (Phi) is 10.5. The van der Waals surface area contributed by atoms with Gasteiger partial charge < -0.3 is 15.0 Å². The number of phenols is 1. The predicted octanol–water partition coefficient (Wildman–Crippen LogP) is 6.99. The first-order valence-electron chi connectivity index (χ1n) is 11.2. The second-order valence-electron chi connectivity index (χ2n) is 8.09. The van der Waals surface area contributed by atoms with Gasteiger partial charge in [-0.05, 0) is 55.9 Å². The van der Waals surface area contributed by atoms with Crippen molar-refractivity contribution in [3.05, 3.63) is 57.3 Å². The lowest BCUT2D eigenvalue weighted by molar-refractivity contribution is -0.137. The average molecular weight is 543 g/mol. The van der Waals surface area contributed by atoms with Crippen molar-refractivity contribution in [2.75, 3.05) is 25.4 Å². The first-order valence-corrected chi connectivity index (χ1v) is 12.5. The number of fused-ring (bicyclic) bond motifs is 1. The zero-order chi connectivity index (χ0) is 25.8. The number of carbonyl (C=O) groups excluding carboxylic acids is 1. The lowest BCUT2D eigenvalue weighted by Gasteiger charge is -2.19. The van der Waals surface area contributed by atoms with Crippen molar-refractivity contribution in [2.24, 2.45) is 0 Å². The number of benzene rings is 2. The molecule has 3 rings (SSSR count). The number of phenolic OH excluding ortho intramolecular Hbond substituents is 1. The van der Waals surface area contributed by atoms with Crippen LogP contribution in [0.1, 0.15) is 39.7 Å². The van der Waals surface area contributed by atoms with E-state index in [1.807, 2.05) is 6.92 Å². The Morgan fingerprint density at radius 1 is 1.14 bits per heavy atom. The highest BCUT2D eigenvalue weighted by atomic mass is 35.5. The fourth-order valence-corrected chi connectivity index (χ4v) is 4.99. The SMILES string of the molecule is C.CCCN(CC)CCC(=O)CSc1c(-c2cc(Cl)ccc2O)c2cc(C(F)(F)F)ccc2[nH]c1=O. The lowest BCUT2D eigenvalue weighted by Crippen LogP contribution is -2.27. The summed E-state index contributed by atoms with van der Waals surface area (Å²) >= 11 is 7.05. The number of rotatable bonds is 10. The minimum atomic E-state index is -4.61. The molecule has 10 heteroatoms. The molecule has 0 unspecified atom stereocenters. The number of alkyl halides is 3. The summed E-state index contributed by atoms with van der Waals surface area (Å²) in [4.78, 5) is 30.4. The quantitative estimate of drug-likeness (QED) is 0.270. The number of hydrogen-bond acceptors (Lipinski definition) is 5. The first-order chi connectivity index (χ1) is 16.5. The molecule has 0 saturated heterocycles. The second kappa shape index (κ2) is 12.7. The smallest absolute Gasteiger partial charge is 0.416 e. The number of nitrogens with one attached hydrogen (secondary N) is 1. The zero-order valence-electron chi connectivity index (χ0n) is 19.3. The van der Waals surface area contributed by atoms with E-state index < -0.39 is 17.3 Å². The van der Waals surface area contributed by atoms with E-state index in [4.69, 9.17) is 11.6 Å². The van der Waals surface area contributed by atoms with Gasteiger partial charge in [0.1, 0.15) is 11.5 Å². The van der Waals surface area contributed by atoms with Gasteiger partial charge in [0, 0.05) is 40.0 Å². The predicted molar refractivity (Wildman–Crippen MR) is 141 cm³/mol. The van der Waals surface area contributed by atoms with Gasteiger partial charge in [0.15, 0.2) is 0 Å². The Bertz CT molecular complexity index is 1280. The van der Waals surface area contributed by atoms with Crippen LogP contribution in [0.3, 0.4) is 0 Å². The van der Waals surface area contributed by atoms with E-state index in [9.17, 15) is 27.9 Å². The molecule has 0 amide bonds. The third-order valence-electron chi connectivity index (χ3n) is 5.60. The van der Waals surface area contributed by atoms with E-state index in [0.29, 0.717) is 13.0 Å². The molecule has 196 valence electrons. The van der Waals surface area contributed by atoms with Crippen molar-refractivity contribution in [1.29, 1.82) is 0 Å². The molecule has 2 N–H and O–H groups in total. The number of aromatic amines is 1. The number of halogens is 4. The van der Waals surface area contributed by atoms with Crippen molar-refractivity contribution >= 4 is 40.0 Å². The molecule has 0 aliphatic rings. The number of aromatic nitrogens is 1. The molecule has 0 saturated carbocycles. The third-order valence-corrected chi connectivity index (χ3v) is 6.98. The molecule has 1 heterocycles. The molecule has 0 radical (unpaired) electrons. The Balaban J connectivity index is 0.00000456. The summed E-state index contributed by atoms with van der Waals surface area (Å²) in [6.45, 7) is 6.36. The van der Waals surface area contributed by atoms with Crippen molar-refractivity contribution in [3.8, 4) is 16.9 Å². The summed E-state index contributed by atoms with van der Waals surface area (Å²) in [5, 5.41) is 10.8. The van der Waals surface area contributed by atoms with Gasteiger partial charge in [0.25, 0.3) is 5.56 Å². The van der Waals surface area contributed by atoms with Crippen LogP contribution in [-0.2, 0) is 11.0 Å². The largest absolute Gasteiger partial charge is 0.507 e. The minimum Gasteiger partial charge on any atom is -0.507 e. The number of nitrogens with zero attached hydrogens (tertiary/aromatic N) is 1. The minimum absolute atomic E-state index is 0. The first kappa shape index (κ1) is 29.7. The van der Waals surface area contributed by atoms with Crippen LogP contribution >= 0.6 is 23.4 Å². The van der Waals surface area contributed by atoms with Crippen molar-refractivity contribution in [1.82, 2.24) is 9.88 Å². The highest BCUT2D eigenvalue weighted by molar-refractivity contribution is 8.00. The van der Waals surface area contributed by atoms with E-state index >= 15 is 0 Å². The number of ketones is 1. The maximum Gasteiger partial charge on any atom is 0.416 e. The van der Waals surface area contributed by atoms with Gasteiger partial charge in [-0.15, -0.1) is 11.8 Å². The standard InChI is InChI=1S/C25H26ClF3N2O3S.CH4/c1-3-10-31(4-2)11-9-17(32)14-35-23-22(19-13-16(26)6-8-21(19)33)18-12-15(25(27,28)29)5-7-20(18)30-24(23)34;/h5-8,12-13,33H,3-4,9-11,14H2,1-2H3,(H,30,34);1H4. The number of carbonyl (C=O) groups is 1. The number of aromatic hydroxyl groups is 1. The molecular weight excluding hydrogens is 513 g/mol.